The number of amides is 1. The van der Waals surface area contributed by atoms with Gasteiger partial charge in [0.1, 0.15) is 0 Å². The summed E-state index contributed by atoms with van der Waals surface area (Å²) in [5.74, 6) is 0.583. The summed E-state index contributed by atoms with van der Waals surface area (Å²) in [6, 6.07) is 10.4. The Kier molecular flexibility index (Phi) is 6.39. The Morgan fingerprint density at radius 1 is 1.22 bits per heavy atom. The van der Waals surface area contributed by atoms with E-state index in [1.807, 2.05) is 36.5 Å². The SMILES string of the molecule is CCCOc1cn(-c2ccccc2)nc1C(=O)N1C2CCNCC1CC2.Cl. The molecule has 0 aliphatic carbocycles. The minimum Gasteiger partial charge on any atom is -0.489 e. The van der Waals surface area contributed by atoms with E-state index in [2.05, 4.69) is 22.2 Å². The quantitative estimate of drug-likeness (QED) is 0.852. The first kappa shape index (κ1) is 19.7. The predicted molar refractivity (Wildman–Crippen MR) is 107 cm³/mol. The van der Waals surface area contributed by atoms with Crippen molar-refractivity contribution in [2.24, 2.45) is 0 Å². The molecule has 1 aromatic heterocycles. The van der Waals surface area contributed by atoms with Gasteiger partial charge in [0.25, 0.3) is 5.91 Å². The summed E-state index contributed by atoms with van der Waals surface area (Å²) >= 11 is 0. The Hall–Kier alpha value is -2.05. The molecule has 2 unspecified atom stereocenters. The molecule has 2 aliphatic rings. The van der Waals surface area contributed by atoms with E-state index in [1.165, 1.54) is 0 Å². The lowest BCUT2D eigenvalue weighted by atomic mass is 10.1. The van der Waals surface area contributed by atoms with Crippen molar-refractivity contribution in [3.8, 4) is 11.4 Å². The van der Waals surface area contributed by atoms with Crippen molar-refractivity contribution in [3.63, 3.8) is 0 Å². The Morgan fingerprint density at radius 3 is 2.78 bits per heavy atom. The maximum absolute atomic E-state index is 13.4. The zero-order valence-electron chi connectivity index (χ0n) is 15.6. The number of hydrogen-bond donors (Lipinski definition) is 1. The first-order valence-corrected chi connectivity index (χ1v) is 9.59. The number of hydrogen-bond acceptors (Lipinski definition) is 4. The number of benzene rings is 1. The smallest absolute Gasteiger partial charge is 0.278 e. The normalized spacial score (nSPS) is 21.4. The van der Waals surface area contributed by atoms with Gasteiger partial charge in [-0.15, -0.1) is 12.4 Å². The average molecular weight is 391 g/mol. The van der Waals surface area contributed by atoms with Crippen molar-refractivity contribution in [2.45, 2.75) is 44.7 Å². The monoisotopic (exact) mass is 390 g/mol. The minimum atomic E-state index is 0. The summed E-state index contributed by atoms with van der Waals surface area (Å²) in [5.41, 5.74) is 1.36. The topological polar surface area (TPSA) is 59.4 Å². The summed E-state index contributed by atoms with van der Waals surface area (Å²) in [6.07, 6.45) is 5.88. The maximum atomic E-state index is 13.4. The summed E-state index contributed by atoms with van der Waals surface area (Å²) in [5, 5.41) is 8.06. The molecule has 146 valence electrons. The maximum Gasteiger partial charge on any atom is 0.278 e. The third-order valence-electron chi connectivity index (χ3n) is 5.25. The van der Waals surface area contributed by atoms with Crippen LogP contribution >= 0.6 is 12.4 Å². The van der Waals surface area contributed by atoms with Crippen molar-refractivity contribution in [1.82, 2.24) is 20.0 Å². The largest absolute Gasteiger partial charge is 0.489 e. The number of ether oxygens (including phenoxy) is 1. The lowest BCUT2D eigenvalue weighted by Gasteiger charge is -2.27. The van der Waals surface area contributed by atoms with Gasteiger partial charge in [-0.1, -0.05) is 25.1 Å². The minimum absolute atomic E-state index is 0. The van der Waals surface area contributed by atoms with Gasteiger partial charge in [0.2, 0.25) is 0 Å². The van der Waals surface area contributed by atoms with E-state index in [0.717, 1.165) is 44.5 Å². The van der Waals surface area contributed by atoms with Gasteiger partial charge in [0.05, 0.1) is 18.5 Å². The van der Waals surface area contributed by atoms with Crippen molar-refractivity contribution in [1.29, 1.82) is 0 Å². The number of fused-ring (bicyclic) bond motifs is 2. The van der Waals surface area contributed by atoms with Crippen LogP contribution in [0.4, 0.5) is 0 Å². The third-order valence-corrected chi connectivity index (χ3v) is 5.25. The molecule has 27 heavy (non-hydrogen) atoms. The van der Waals surface area contributed by atoms with Crippen LogP contribution in [0.2, 0.25) is 0 Å². The zero-order valence-corrected chi connectivity index (χ0v) is 16.5. The highest BCUT2D eigenvalue weighted by Gasteiger charge is 2.40. The van der Waals surface area contributed by atoms with E-state index in [4.69, 9.17) is 4.74 Å². The van der Waals surface area contributed by atoms with E-state index >= 15 is 0 Å². The molecule has 2 atom stereocenters. The van der Waals surface area contributed by atoms with Gasteiger partial charge in [0, 0.05) is 18.6 Å². The Bertz CT molecular complexity index is 751. The van der Waals surface area contributed by atoms with Crippen molar-refractivity contribution in [2.75, 3.05) is 19.7 Å². The highest BCUT2D eigenvalue weighted by Crippen LogP contribution is 2.31. The van der Waals surface area contributed by atoms with Crippen LogP contribution in [-0.2, 0) is 0 Å². The standard InChI is InChI=1S/C20H26N4O2.ClH/c1-2-12-26-18-14-23(15-6-4-3-5-7-15)22-19(18)20(25)24-16-8-9-17(24)13-21-11-10-16;/h3-7,14,16-17,21H,2,8-13H2,1H3;1H. The molecule has 0 spiro atoms. The molecule has 2 aromatic rings. The fourth-order valence-electron chi connectivity index (χ4n) is 3.97. The fourth-order valence-corrected chi connectivity index (χ4v) is 3.97. The molecule has 0 radical (unpaired) electrons. The number of para-hydroxylation sites is 1. The van der Waals surface area contributed by atoms with Crippen LogP contribution in [0.1, 0.15) is 43.1 Å². The van der Waals surface area contributed by atoms with Crippen LogP contribution in [-0.4, -0.2) is 52.4 Å². The molecular weight excluding hydrogens is 364 g/mol. The fraction of sp³-hybridized carbons (Fsp3) is 0.500. The van der Waals surface area contributed by atoms with Gasteiger partial charge >= 0.3 is 0 Å². The van der Waals surface area contributed by atoms with Crippen LogP contribution in [0.3, 0.4) is 0 Å². The van der Waals surface area contributed by atoms with Gasteiger partial charge in [-0.25, -0.2) is 4.68 Å². The van der Waals surface area contributed by atoms with Crippen LogP contribution in [0.25, 0.3) is 5.69 Å². The van der Waals surface area contributed by atoms with Crippen molar-refractivity contribution >= 4 is 18.3 Å². The van der Waals surface area contributed by atoms with Gasteiger partial charge in [-0.3, -0.25) is 4.79 Å². The molecule has 1 aromatic carbocycles. The van der Waals surface area contributed by atoms with E-state index in [0.29, 0.717) is 24.1 Å². The summed E-state index contributed by atoms with van der Waals surface area (Å²) in [7, 11) is 0. The first-order chi connectivity index (χ1) is 12.8. The van der Waals surface area contributed by atoms with Crippen LogP contribution in [0, 0.1) is 0 Å². The zero-order chi connectivity index (χ0) is 17.9. The number of nitrogens with one attached hydrogen (secondary N) is 1. The highest BCUT2D eigenvalue weighted by molar-refractivity contribution is 5.95. The number of rotatable bonds is 5. The molecule has 6 nitrogen and oxygen atoms in total. The molecule has 4 rings (SSSR count). The molecule has 2 fully saturated rings. The van der Waals surface area contributed by atoms with Crippen molar-refractivity contribution < 1.29 is 9.53 Å². The van der Waals surface area contributed by atoms with Crippen LogP contribution in [0.5, 0.6) is 5.75 Å². The number of nitrogens with zero attached hydrogens (tertiary/aromatic N) is 3. The van der Waals surface area contributed by atoms with Gasteiger partial charge in [-0.05, 0) is 44.4 Å². The molecule has 2 aliphatic heterocycles. The van der Waals surface area contributed by atoms with Gasteiger partial charge in [0.15, 0.2) is 11.4 Å². The molecule has 7 heteroatoms. The average Bonchev–Trinajstić information content (AvgIpc) is 3.20. The number of aromatic nitrogens is 2. The summed E-state index contributed by atoms with van der Waals surface area (Å²) in [6.45, 7) is 4.48. The molecule has 1 N–H and O–H groups in total. The van der Waals surface area contributed by atoms with Crippen LogP contribution in [0.15, 0.2) is 36.5 Å². The van der Waals surface area contributed by atoms with Gasteiger partial charge < -0.3 is 15.0 Å². The lowest BCUT2D eigenvalue weighted by Crippen LogP contribution is -2.42. The highest BCUT2D eigenvalue weighted by atomic mass is 35.5. The molecule has 2 bridgehead atoms. The second kappa shape index (κ2) is 8.76. The predicted octanol–water partition coefficient (Wildman–Crippen LogP) is 3.05. The Morgan fingerprint density at radius 2 is 2.00 bits per heavy atom. The van der Waals surface area contributed by atoms with Gasteiger partial charge in [-0.2, -0.15) is 5.10 Å². The first-order valence-electron chi connectivity index (χ1n) is 9.59. The molecule has 2 saturated heterocycles. The summed E-state index contributed by atoms with van der Waals surface area (Å²) < 4.78 is 7.62. The molecule has 3 heterocycles. The van der Waals surface area contributed by atoms with Crippen LogP contribution < -0.4 is 10.1 Å². The van der Waals surface area contributed by atoms with E-state index in [-0.39, 0.29) is 24.4 Å². The molecular formula is C20H27ClN4O2. The van der Waals surface area contributed by atoms with E-state index < -0.39 is 0 Å². The van der Waals surface area contributed by atoms with E-state index in [1.54, 1.807) is 4.68 Å². The number of carbonyl (C=O) groups excluding carboxylic acids is 1. The number of halogens is 1. The second-order valence-electron chi connectivity index (χ2n) is 7.06. The lowest BCUT2D eigenvalue weighted by molar-refractivity contribution is 0.0669. The number of carbonyl (C=O) groups is 1. The molecule has 1 amide bonds. The third kappa shape index (κ3) is 3.96. The molecule has 0 saturated carbocycles. The second-order valence-corrected chi connectivity index (χ2v) is 7.06. The van der Waals surface area contributed by atoms with Crippen molar-refractivity contribution in [3.05, 3.63) is 42.2 Å². The van der Waals surface area contributed by atoms with E-state index in [9.17, 15) is 4.79 Å². The Labute approximate surface area is 166 Å². The summed E-state index contributed by atoms with van der Waals surface area (Å²) in [4.78, 5) is 15.4. The Balaban J connectivity index is 0.00000210.